The molecule has 0 radical (unpaired) electrons. The van der Waals surface area contributed by atoms with Crippen molar-refractivity contribution in [2.24, 2.45) is 23.7 Å². The Morgan fingerprint density at radius 2 is 1.72 bits per heavy atom. The fraction of sp³-hybridized carbons (Fsp3) is 0.786. The van der Waals surface area contributed by atoms with Crippen LogP contribution < -0.4 is 11.1 Å². The molecule has 0 amide bonds. The Bertz CT molecular complexity index is 436. The molecule has 18 heavy (non-hydrogen) atoms. The minimum absolute atomic E-state index is 0.614. The van der Waals surface area contributed by atoms with Crippen molar-refractivity contribution in [3.63, 3.8) is 0 Å². The van der Waals surface area contributed by atoms with Crippen molar-refractivity contribution < 1.29 is 0 Å². The number of hydrogen-bond donors (Lipinski definition) is 3. The second-order valence-corrected chi connectivity index (χ2v) is 6.69. The second kappa shape index (κ2) is 3.65. The van der Waals surface area contributed by atoms with Crippen molar-refractivity contribution in [3.05, 3.63) is 5.82 Å². The van der Waals surface area contributed by atoms with Crippen LogP contribution in [0.5, 0.6) is 0 Å². The van der Waals surface area contributed by atoms with Crippen LogP contribution >= 0.6 is 0 Å². The largest absolute Gasteiger partial charge is 0.382 e. The van der Waals surface area contributed by atoms with Gasteiger partial charge in [0.05, 0.1) is 0 Å². The van der Waals surface area contributed by atoms with E-state index in [4.69, 9.17) is 5.73 Å². The highest BCUT2D eigenvalue weighted by Crippen LogP contribution is 2.54. The molecule has 4 heteroatoms. The highest BCUT2D eigenvalue weighted by Gasteiger charge is 2.48. The second-order valence-electron chi connectivity index (χ2n) is 6.69. The van der Waals surface area contributed by atoms with Crippen molar-refractivity contribution in [3.8, 4) is 0 Å². The molecule has 1 heterocycles. The number of aromatic amines is 1. The van der Waals surface area contributed by atoms with Crippen LogP contribution in [0.15, 0.2) is 0 Å². The van der Waals surface area contributed by atoms with E-state index in [2.05, 4.69) is 15.3 Å². The molecule has 0 spiro atoms. The van der Waals surface area contributed by atoms with E-state index in [0.717, 1.165) is 35.3 Å². The van der Waals surface area contributed by atoms with E-state index in [0.29, 0.717) is 11.9 Å². The third-order valence-electron chi connectivity index (χ3n) is 5.38. The van der Waals surface area contributed by atoms with Gasteiger partial charge in [0.2, 0.25) is 0 Å². The average Bonchev–Trinajstić information content (AvgIpc) is 2.61. The maximum absolute atomic E-state index is 5.96. The number of nitrogens with two attached hydrogens (primary N) is 1. The van der Waals surface area contributed by atoms with Gasteiger partial charge in [-0.05, 0) is 62.7 Å². The van der Waals surface area contributed by atoms with Gasteiger partial charge in [0.25, 0.3) is 0 Å². The zero-order chi connectivity index (χ0) is 12.3. The van der Waals surface area contributed by atoms with Gasteiger partial charge in [-0.25, -0.2) is 4.98 Å². The molecule has 4 N–H and O–H groups in total. The summed E-state index contributed by atoms with van der Waals surface area (Å²) in [4.78, 5) is 7.55. The first-order valence-electron chi connectivity index (χ1n) is 7.27. The summed E-state index contributed by atoms with van der Waals surface area (Å²) in [6.45, 7) is 1.96. The van der Waals surface area contributed by atoms with Gasteiger partial charge in [-0.15, -0.1) is 0 Å². The molecule has 4 bridgehead atoms. The summed E-state index contributed by atoms with van der Waals surface area (Å²) < 4.78 is 0. The first kappa shape index (κ1) is 10.7. The van der Waals surface area contributed by atoms with Crippen LogP contribution in [0.25, 0.3) is 0 Å². The minimum Gasteiger partial charge on any atom is -0.382 e. The SMILES string of the molecule is Cc1nc(NC2C3CC4CC(C3)CC2C4)c(N)[nH]1. The first-order chi connectivity index (χ1) is 8.69. The minimum atomic E-state index is 0.614. The Morgan fingerprint density at radius 1 is 1.11 bits per heavy atom. The molecule has 0 saturated heterocycles. The molecule has 4 aliphatic rings. The van der Waals surface area contributed by atoms with E-state index in [1.54, 1.807) is 0 Å². The summed E-state index contributed by atoms with van der Waals surface area (Å²) in [6, 6.07) is 0.614. The zero-order valence-electron chi connectivity index (χ0n) is 10.9. The van der Waals surface area contributed by atoms with Gasteiger partial charge in [-0.1, -0.05) is 0 Å². The average molecular weight is 246 g/mol. The van der Waals surface area contributed by atoms with E-state index in [1.807, 2.05) is 6.92 Å². The number of H-pyrrole nitrogens is 1. The summed E-state index contributed by atoms with van der Waals surface area (Å²) >= 11 is 0. The number of aryl methyl sites for hydroxylation is 1. The van der Waals surface area contributed by atoms with Gasteiger partial charge in [-0.2, -0.15) is 0 Å². The number of anilines is 2. The van der Waals surface area contributed by atoms with Crippen LogP contribution in [-0.4, -0.2) is 16.0 Å². The molecule has 4 nitrogen and oxygen atoms in total. The zero-order valence-corrected chi connectivity index (χ0v) is 10.9. The standard InChI is InChI=1S/C14H22N4/c1-7-16-13(15)14(17-7)18-12-10-3-8-2-9(5-10)6-11(12)4-8/h8-12,18H,2-6,15H2,1H3,(H,16,17). The van der Waals surface area contributed by atoms with Gasteiger partial charge >= 0.3 is 0 Å². The van der Waals surface area contributed by atoms with Crippen LogP contribution in [0.1, 0.15) is 37.9 Å². The Morgan fingerprint density at radius 3 is 2.22 bits per heavy atom. The number of aromatic nitrogens is 2. The van der Waals surface area contributed by atoms with E-state index in [1.165, 1.54) is 32.1 Å². The summed E-state index contributed by atoms with van der Waals surface area (Å²) in [6.07, 6.45) is 7.20. The predicted molar refractivity (Wildman–Crippen MR) is 72.2 cm³/mol. The van der Waals surface area contributed by atoms with Crippen LogP contribution in [0.2, 0.25) is 0 Å². The van der Waals surface area contributed by atoms with Crippen molar-refractivity contribution in [1.29, 1.82) is 0 Å². The predicted octanol–water partition coefficient (Wildman–Crippen LogP) is 2.54. The van der Waals surface area contributed by atoms with Crippen LogP contribution in [0, 0.1) is 30.6 Å². The third kappa shape index (κ3) is 1.54. The van der Waals surface area contributed by atoms with Crippen molar-refractivity contribution in [2.75, 3.05) is 11.1 Å². The van der Waals surface area contributed by atoms with Gasteiger partial charge in [-0.3, -0.25) is 0 Å². The highest BCUT2D eigenvalue weighted by molar-refractivity contribution is 5.57. The lowest BCUT2D eigenvalue weighted by Gasteiger charge is -2.54. The Labute approximate surface area is 108 Å². The molecular weight excluding hydrogens is 224 g/mol. The smallest absolute Gasteiger partial charge is 0.169 e. The molecule has 4 fully saturated rings. The number of nitrogen functional groups attached to an aromatic ring is 1. The van der Waals surface area contributed by atoms with Gasteiger partial charge in [0.15, 0.2) is 5.82 Å². The summed E-state index contributed by atoms with van der Waals surface area (Å²) in [5, 5.41) is 3.65. The number of imidazole rings is 1. The molecule has 0 aliphatic heterocycles. The van der Waals surface area contributed by atoms with E-state index < -0.39 is 0 Å². The number of nitrogens with zero attached hydrogens (tertiary/aromatic N) is 1. The molecule has 4 aliphatic carbocycles. The van der Waals surface area contributed by atoms with Crippen LogP contribution in [0.3, 0.4) is 0 Å². The summed E-state index contributed by atoms with van der Waals surface area (Å²) in [5.41, 5.74) is 5.96. The molecule has 98 valence electrons. The van der Waals surface area contributed by atoms with Crippen molar-refractivity contribution >= 4 is 11.6 Å². The molecular formula is C14H22N4. The fourth-order valence-corrected chi connectivity index (χ4v) is 4.94. The lowest BCUT2D eigenvalue weighted by molar-refractivity contribution is 0.00745. The lowest BCUT2D eigenvalue weighted by atomic mass is 9.54. The molecule has 0 unspecified atom stereocenters. The Balaban J connectivity index is 1.57. The van der Waals surface area contributed by atoms with Crippen molar-refractivity contribution in [2.45, 2.75) is 45.1 Å². The van der Waals surface area contributed by atoms with E-state index in [-0.39, 0.29) is 0 Å². The molecule has 4 saturated carbocycles. The van der Waals surface area contributed by atoms with Crippen LogP contribution in [-0.2, 0) is 0 Å². The van der Waals surface area contributed by atoms with Gasteiger partial charge in [0.1, 0.15) is 11.6 Å². The lowest BCUT2D eigenvalue weighted by Crippen LogP contribution is -2.51. The summed E-state index contributed by atoms with van der Waals surface area (Å²) in [5.74, 6) is 6.23. The molecule has 1 aromatic heterocycles. The molecule has 1 aromatic rings. The Hall–Kier alpha value is -1.19. The van der Waals surface area contributed by atoms with Gasteiger partial charge in [0, 0.05) is 6.04 Å². The van der Waals surface area contributed by atoms with Crippen LogP contribution in [0.4, 0.5) is 11.6 Å². The van der Waals surface area contributed by atoms with Crippen molar-refractivity contribution in [1.82, 2.24) is 9.97 Å². The number of rotatable bonds is 2. The monoisotopic (exact) mass is 246 g/mol. The van der Waals surface area contributed by atoms with E-state index in [9.17, 15) is 0 Å². The normalized spacial score (nSPS) is 41.3. The van der Waals surface area contributed by atoms with E-state index >= 15 is 0 Å². The Kier molecular flexibility index (Phi) is 2.17. The van der Waals surface area contributed by atoms with Gasteiger partial charge < -0.3 is 16.0 Å². The summed E-state index contributed by atoms with van der Waals surface area (Å²) in [7, 11) is 0. The quantitative estimate of drug-likeness (QED) is 0.751. The topological polar surface area (TPSA) is 66.7 Å². The highest BCUT2D eigenvalue weighted by atomic mass is 15.1. The number of hydrogen-bond acceptors (Lipinski definition) is 3. The maximum Gasteiger partial charge on any atom is 0.169 e. The third-order valence-corrected chi connectivity index (χ3v) is 5.38. The number of nitrogens with one attached hydrogen (secondary N) is 2. The fourth-order valence-electron chi connectivity index (χ4n) is 4.94. The first-order valence-corrected chi connectivity index (χ1v) is 7.27. The molecule has 5 rings (SSSR count). The molecule has 0 aromatic carbocycles. The maximum atomic E-state index is 5.96. The molecule has 0 atom stereocenters.